The number of nitrogens with zero attached hydrogens (tertiary/aromatic N) is 1. The van der Waals surface area contributed by atoms with Crippen LogP contribution in [0.3, 0.4) is 0 Å². The van der Waals surface area contributed by atoms with Crippen LogP contribution in [0.2, 0.25) is 0 Å². The first-order valence-corrected chi connectivity index (χ1v) is 6.68. The summed E-state index contributed by atoms with van der Waals surface area (Å²) >= 11 is 0. The van der Waals surface area contributed by atoms with Crippen LogP contribution in [0, 0.1) is 13.8 Å². The van der Waals surface area contributed by atoms with Gasteiger partial charge in [-0.05, 0) is 44.2 Å². The van der Waals surface area contributed by atoms with Gasteiger partial charge in [0.1, 0.15) is 0 Å². The molecule has 0 bridgehead atoms. The molecule has 17 heavy (non-hydrogen) atoms. The van der Waals surface area contributed by atoms with E-state index in [-0.39, 0.29) is 0 Å². The number of hydrogen-bond acceptors (Lipinski definition) is 2. The minimum atomic E-state index is 0.807. The summed E-state index contributed by atoms with van der Waals surface area (Å²) in [6, 6.07) is 0. The van der Waals surface area contributed by atoms with Crippen LogP contribution in [0.4, 0.5) is 0 Å². The van der Waals surface area contributed by atoms with Crippen LogP contribution >= 0.6 is 0 Å². The first kappa shape index (κ1) is 14.0. The Balaban J connectivity index is 3.04. The Hall–Kier alpha value is -1.05. The van der Waals surface area contributed by atoms with Crippen molar-refractivity contribution in [2.24, 2.45) is 0 Å². The van der Waals surface area contributed by atoms with Gasteiger partial charge in [-0.1, -0.05) is 26.7 Å². The lowest BCUT2D eigenvalue weighted by Gasteiger charge is -2.16. The number of aromatic nitrogens is 1. The van der Waals surface area contributed by atoms with Crippen LogP contribution in [0.1, 0.15) is 55.5 Å². The molecule has 0 amide bonds. The summed E-state index contributed by atoms with van der Waals surface area (Å²) in [7, 11) is 1.71. The molecular weight excluding hydrogens is 210 g/mol. The summed E-state index contributed by atoms with van der Waals surface area (Å²) in [6.45, 7) is 8.70. The molecule has 96 valence electrons. The van der Waals surface area contributed by atoms with Crippen LogP contribution in [-0.4, -0.2) is 12.1 Å². The Morgan fingerprint density at radius 2 is 1.76 bits per heavy atom. The first-order chi connectivity index (χ1) is 8.15. The van der Waals surface area contributed by atoms with Gasteiger partial charge in [0.2, 0.25) is 5.88 Å². The van der Waals surface area contributed by atoms with Crippen LogP contribution in [0.15, 0.2) is 0 Å². The molecule has 2 heteroatoms. The lowest BCUT2D eigenvalue weighted by atomic mass is 9.96. The number of ether oxygens (including phenoxy) is 1. The van der Waals surface area contributed by atoms with E-state index in [0.717, 1.165) is 24.4 Å². The summed E-state index contributed by atoms with van der Waals surface area (Å²) in [5, 5.41) is 0. The molecule has 0 aliphatic rings. The van der Waals surface area contributed by atoms with Gasteiger partial charge in [-0.25, -0.2) is 4.98 Å². The minimum Gasteiger partial charge on any atom is -0.481 e. The van der Waals surface area contributed by atoms with Gasteiger partial charge in [0.05, 0.1) is 7.11 Å². The van der Waals surface area contributed by atoms with Gasteiger partial charge >= 0.3 is 0 Å². The van der Waals surface area contributed by atoms with E-state index in [1.165, 1.54) is 36.0 Å². The molecule has 1 heterocycles. The summed E-state index contributed by atoms with van der Waals surface area (Å²) in [5.74, 6) is 0.807. The average molecular weight is 235 g/mol. The smallest absolute Gasteiger partial charge is 0.216 e. The van der Waals surface area contributed by atoms with Crippen molar-refractivity contribution in [1.82, 2.24) is 4.98 Å². The summed E-state index contributed by atoms with van der Waals surface area (Å²) in [5.41, 5.74) is 5.21. The highest BCUT2D eigenvalue weighted by molar-refractivity contribution is 5.42. The maximum Gasteiger partial charge on any atom is 0.216 e. The van der Waals surface area contributed by atoms with Crippen molar-refractivity contribution in [3.05, 3.63) is 22.4 Å². The molecule has 0 saturated carbocycles. The van der Waals surface area contributed by atoms with E-state index in [2.05, 4.69) is 32.7 Å². The maximum absolute atomic E-state index is 5.37. The quantitative estimate of drug-likeness (QED) is 0.695. The van der Waals surface area contributed by atoms with Crippen LogP contribution in [-0.2, 0) is 12.8 Å². The molecule has 1 aromatic heterocycles. The molecular formula is C15H25NO. The van der Waals surface area contributed by atoms with Crippen molar-refractivity contribution in [3.8, 4) is 5.88 Å². The molecule has 1 rings (SSSR count). The molecule has 0 aromatic carbocycles. The van der Waals surface area contributed by atoms with Crippen molar-refractivity contribution >= 4 is 0 Å². The molecule has 0 atom stereocenters. The lowest BCUT2D eigenvalue weighted by molar-refractivity contribution is 0.391. The molecule has 0 radical (unpaired) electrons. The Morgan fingerprint density at radius 3 is 2.29 bits per heavy atom. The van der Waals surface area contributed by atoms with Crippen molar-refractivity contribution in [1.29, 1.82) is 0 Å². The van der Waals surface area contributed by atoms with Gasteiger partial charge in [0.15, 0.2) is 0 Å². The highest BCUT2D eigenvalue weighted by atomic mass is 16.5. The monoisotopic (exact) mass is 235 g/mol. The maximum atomic E-state index is 5.37. The Morgan fingerprint density at radius 1 is 1.06 bits per heavy atom. The van der Waals surface area contributed by atoms with Crippen molar-refractivity contribution in [3.63, 3.8) is 0 Å². The standard InChI is InChI=1S/C15H25NO/c1-6-8-9-10-14-11(3)13(7-2)15(17-5)16-12(14)4/h6-10H2,1-5H3. The SMILES string of the molecule is CCCCCc1c(C)nc(OC)c(CC)c1C. The second-order valence-electron chi connectivity index (χ2n) is 4.60. The molecule has 0 fully saturated rings. The predicted molar refractivity (Wildman–Crippen MR) is 72.9 cm³/mol. The second kappa shape index (κ2) is 6.63. The first-order valence-electron chi connectivity index (χ1n) is 6.68. The number of aryl methyl sites for hydroxylation is 1. The summed E-state index contributed by atoms with van der Waals surface area (Å²) in [6.07, 6.45) is 5.96. The third kappa shape index (κ3) is 3.21. The molecule has 0 unspecified atom stereocenters. The fraction of sp³-hybridized carbons (Fsp3) is 0.667. The number of pyridine rings is 1. The Labute approximate surface area is 105 Å². The van der Waals surface area contributed by atoms with Gasteiger partial charge in [-0.15, -0.1) is 0 Å². The fourth-order valence-corrected chi connectivity index (χ4v) is 2.41. The normalized spacial score (nSPS) is 10.6. The third-order valence-electron chi connectivity index (χ3n) is 3.45. The van der Waals surface area contributed by atoms with E-state index in [4.69, 9.17) is 4.74 Å². The second-order valence-corrected chi connectivity index (χ2v) is 4.60. The third-order valence-corrected chi connectivity index (χ3v) is 3.45. The molecule has 1 aromatic rings. The lowest BCUT2D eigenvalue weighted by Crippen LogP contribution is -2.05. The zero-order valence-electron chi connectivity index (χ0n) is 11.9. The fourth-order valence-electron chi connectivity index (χ4n) is 2.41. The van der Waals surface area contributed by atoms with E-state index in [9.17, 15) is 0 Å². The highest BCUT2D eigenvalue weighted by Crippen LogP contribution is 2.26. The van der Waals surface area contributed by atoms with Gasteiger partial charge in [0, 0.05) is 11.3 Å². The van der Waals surface area contributed by atoms with E-state index >= 15 is 0 Å². The molecule has 0 spiro atoms. The van der Waals surface area contributed by atoms with E-state index in [1.54, 1.807) is 7.11 Å². The van der Waals surface area contributed by atoms with Crippen LogP contribution < -0.4 is 4.74 Å². The zero-order valence-corrected chi connectivity index (χ0v) is 11.9. The Bertz CT molecular complexity index is 372. The van der Waals surface area contributed by atoms with Crippen LogP contribution in [0.25, 0.3) is 0 Å². The number of methoxy groups -OCH3 is 1. The molecule has 0 saturated heterocycles. The molecule has 2 nitrogen and oxygen atoms in total. The molecule has 0 N–H and O–H groups in total. The van der Waals surface area contributed by atoms with Gasteiger partial charge in [-0.3, -0.25) is 0 Å². The number of unbranched alkanes of at least 4 members (excludes halogenated alkanes) is 2. The zero-order chi connectivity index (χ0) is 12.8. The number of hydrogen-bond donors (Lipinski definition) is 0. The van der Waals surface area contributed by atoms with Gasteiger partial charge in [0.25, 0.3) is 0 Å². The van der Waals surface area contributed by atoms with Gasteiger partial charge < -0.3 is 4.74 Å². The average Bonchev–Trinajstić information content (AvgIpc) is 2.32. The van der Waals surface area contributed by atoms with Crippen LogP contribution in [0.5, 0.6) is 5.88 Å². The van der Waals surface area contributed by atoms with E-state index in [0.29, 0.717) is 0 Å². The van der Waals surface area contributed by atoms with Gasteiger partial charge in [-0.2, -0.15) is 0 Å². The van der Waals surface area contributed by atoms with E-state index in [1.807, 2.05) is 0 Å². The predicted octanol–water partition coefficient (Wildman–Crippen LogP) is 4.00. The van der Waals surface area contributed by atoms with Crippen molar-refractivity contribution < 1.29 is 4.74 Å². The molecule has 0 aliphatic heterocycles. The largest absolute Gasteiger partial charge is 0.481 e. The van der Waals surface area contributed by atoms with Crippen molar-refractivity contribution in [2.75, 3.05) is 7.11 Å². The topological polar surface area (TPSA) is 22.1 Å². The highest BCUT2D eigenvalue weighted by Gasteiger charge is 2.13. The number of rotatable bonds is 6. The summed E-state index contributed by atoms with van der Waals surface area (Å²) < 4.78 is 5.37. The Kier molecular flexibility index (Phi) is 5.46. The summed E-state index contributed by atoms with van der Waals surface area (Å²) in [4.78, 5) is 4.58. The molecule has 0 aliphatic carbocycles. The van der Waals surface area contributed by atoms with Crippen molar-refractivity contribution in [2.45, 2.75) is 59.8 Å². The van der Waals surface area contributed by atoms with E-state index < -0.39 is 0 Å². The minimum absolute atomic E-state index is 0.807.